The molecular weight excluding hydrogens is 252 g/mol. The predicted molar refractivity (Wildman–Crippen MR) is 80.6 cm³/mol. The maximum absolute atomic E-state index is 12.4. The fraction of sp³-hybridized carbons (Fsp3) is 0.938. The average molecular weight is 282 g/mol. The number of likely N-dealkylation sites (tertiary alicyclic amines) is 1. The van der Waals surface area contributed by atoms with Gasteiger partial charge >= 0.3 is 0 Å². The van der Waals surface area contributed by atoms with Gasteiger partial charge in [0.05, 0.1) is 12.1 Å². The Balaban J connectivity index is 1.79. The Labute approximate surface area is 123 Å². The van der Waals surface area contributed by atoms with Crippen molar-refractivity contribution in [2.45, 2.75) is 70.4 Å². The molecule has 4 nitrogen and oxygen atoms in total. The highest BCUT2D eigenvalue weighted by Crippen LogP contribution is 2.27. The number of aliphatic hydroxyl groups is 1. The smallest absolute Gasteiger partial charge is 0.236 e. The maximum Gasteiger partial charge on any atom is 0.236 e. The Kier molecular flexibility index (Phi) is 5.44. The Bertz CT molecular complexity index is 320. The zero-order valence-electron chi connectivity index (χ0n) is 13.1. The van der Waals surface area contributed by atoms with Crippen LogP contribution in [-0.2, 0) is 4.79 Å². The second kappa shape index (κ2) is 6.90. The molecule has 0 bridgehead atoms. The molecule has 2 rings (SSSR count). The minimum absolute atomic E-state index is 0.248. The predicted octanol–water partition coefficient (Wildman–Crippen LogP) is 2.01. The molecule has 2 aliphatic rings. The van der Waals surface area contributed by atoms with Gasteiger partial charge in [0.1, 0.15) is 0 Å². The van der Waals surface area contributed by atoms with Gasteiger partial charge in [-0.1, -0.05) is 32.6 Å². The van der Waals surface area contributed by atoms with Gasteiger partial charge in [-0.15, -0.1) is 0 Å². The van der Waals surface area contributed by atoms with E-state index >= 15 is 0 Å². The summed E-state index contributed by atoms with van der Waals surface area (Å²) in [6.07, 6.45) is 8.01. The van der Waals surface area contributed by atoms with Crippen LogP contribution in [0.25, 0.3) is 0 Å². The van der Waals surface area contributed by atoms with Crippen molar-refractivity contribution < 1.29 is 9.90 Å². The van der Waals surface area contributed by atoms with Crippen LogP contribution in [0.4, 0.5) is 0 Å². The third-order valence-corrected chi connectivity index (χ3v) is 4.79. The van der Waals surface area contributed by atoms with Crippen LogP contribution < -0.4 is 0 Å². The minimum Gasteiger partial charge on any atom is -0.387 e. The summed E-state index contributed by atoms with van der Waals surface area (Å²) < 4.78 is 0. The van der Waals surface area contributed by atoms with Crippen molar-refractivity contribution in [3.8, 4) is 0 Å². The first-order valence-electron chi connectivity index (χ1n) is 8.32. The SMILES string of the molecule is CCCC1(O)CN(CC(=O)N(CC)C2CCCCC2)C1. The fourth-order valence-corrected chi connectivity index (χ4v) is 3.83. The molecule has 1 N–H and O–H groups in total. The lowest BCUT2D eigenvalue weighted by molar-refractivity contribution is -0.145. The van der Waals surface area contributed by atoms with Crippen molar-refractivity contribution >= 4 is 5.91 Å². The molecule has 0 radical (unpaired) electrons. The van der Waals surface area contributed by atoms with Crippen molar-refractivity contribution in [3.63, 3.8) is 0 Å². The lowest BCUT2D eigenvalue weighted by atomic mass is 9.89. The van der Waals surface area contributed by atoms with Crippen LogP contribution in [-0.4, -0.2) is 58.6 Å². The lowest BCUT2D eigenvalue weighted by Gasteiger charge is -2.47. The van der Waals surface area contributed by atoms with Crippen molar-refractivity contribution in [2.24, 2.45) is 0 Å². The number of β-amino-alcohol motifs (C(OH)–C–C–N with tert-alkyl or cyclic N) is 1. The van der Waals surface area contributed by atoms with Gasteiger partial charge in [-0.25, -0.2) is 0 Å². The lowest BCUT2D eigenvalue weighted by Crippen LogP contribution is -2.63. The molecule has 1 saturated heterocycles. The van der Waals surface area contributed by atoms with E-state index in [1.807, 2.05) is 0 Å². The molecule has 1 aliphatic heterocycles. The van der Waals surface area contributed by atoms with Crippen LogP contribution in [0.1, 0.15) is 58.8 Å². The molecule has 1 heterocycles. The van der Waals surface area contributed by atoms with E-state index in [0.29, 0.717) is 25.7 Å². The molecule has 0 aromatic carbocycles. The van der Waals surface area contributed by atoms with E-state index in [1.165, 1.54) is 32.1 Å². The highest BCUT2D eigenvalue weighted by atomic mass is 16.3. The topological polar surface area (TPSA) is 43.8 Å². The molecule has 1 amide bonds. The molecule has 116 valence electrons. The molecule has 0 spiro atoms. The molecule has 0 aromatic rings. The Hall–Kier alpha value is -0.610. The Morgan fingerprint density at radius 2 is 1.90 bits per heavy atom. The third-order valence-electron chi connectivity index (χ3n) is 4.79. The number of likely N-dealkylation sites (N-methyl/N-ethyl adjacent to an activating group) is 1. The molecule has 0 aromatic heterocycles. The van der Waals surface area contributed by atoms with Crippen molar-refractivity contribution in [1.82, 2.24) is 9.80 Å². The highest BCUT2D eigenvalue weighted by molar-refractivity contribution is 5.78. The van der Waals surface area contributed by atoms with Gasteiger partial charge in [-0.3, -0.25) is 9.69 Å². The van der Waals surface area contributed by atoms with Gasteiger partial charge in [0.2, 0.25) is 5.91 Å². The first-order chi connectivity index (χ1) is 9.58. The molecule has 4 heteroatoms. The van der Waals surface area contributed by atoms with Crippen LogP contribution in [0.3, 0.4) is 0 Å². The first kappa shape index (κ1) is 15.8. The quantitative estimate of drug-likeness (QED) is 0.810. The van der Waals surface area contributed by atoms with Crippen molar-refractivity contribution in [3.05, 3.63) is 0 Å². The zero-order valence-corrected chi connectivity index (χ0v) is 13.1. The Morgan fingerprint density at radius 3 is 2.45 bits per heavy atom. The number of hydrogen-bond acceptors (Lipinski definition) is 3. The summed E-state index contributed by atoms with van der Waals surface area (Å²) in [5.41, 5.74) is -0.531. The minimum atomic E-state index is -0.531. The maximum atomic E-state index is 12.4. The largest absolute Gasteiger partial charge is 0.387 e. The number of carbonyl (C=O) groups is 1. The fourth-order valence-electron chi connectivity index (χ4n) is 3.83. The molecule has 0 atom stereocenters. The Morgan fingerprint density at radius 1 is 1.25 bits per heavy atom. The monoisotopic (exact) mass is 282 g/mol. The van der Waals surface area contributed by atoms with Gasteiger partial charge < -0.3 is 10.0 Å². The third kappa shape index (κ3) is 3.73. The van der Waals surface area contributed by atoms with E-state index in [1.54, 1.807) is 0 Å². The number of carbonyl (C=O) groups excluding carboxylic acids is 1. The number of hydrogen-bond donors (Lipinski definition) is 1. The average Bonchev–Trinajstić information content (AvgIpc) is 2.39. The molecule has 0 unspecified atom stereocenters. The zero-order chi connectivity index (χ0) is 14.6. The van der Waals surface area contributed by atoms with Crippen LogP contribution in [0, 0.1) is 0 Å². The summed E-state index contributed by atoms with van der Waals surface area (Å²) in [6.45, 7) is 6.79. The molecular formula is C16H30N2O2. The summed E-state index contributed by atoms with van der Waals surface area (Å²) in [4.78, 5) is 16.6. The number of nitrogens with zero attached hydrogens (tertiary/aromatic N) is 2. The van der Waals surface area contributed by atoms with E-state index in [-0.39, 0.29) is 5.91 Å². The molecule has 1 saturated carbocycles. The molecule has 2 fully saturated rings. The van der Waals surface area contributed by atoms with Gasteiger partial charge in [-0.05, 0) is 26.2 Å². The van der Waals surface area contributed by atoms with Gasteiger partial charge in [0.25, 0.3) is 0 Å². The summed E-state index contributed by atoms with van der Waals surface area (Å²) in [6, 6.07) is 0.456. The summed E-state index contributed by atoms with van der Waals surface area (Å²) in [5, 5.41) is 10.2. The van der Waals surface area contributed by atoms with Crippen molar-refractivity contribution in [1.29, 1.82) is 0 Å². The van der Waals surface area contributed by atoms with Gasteiger partial charge in [0, 0.05) is 25.7 Å². The van der Waals surface area contributed by atoms with E-state index in [0.717, 1.165) is 19.4 Å². The van der Waals surface area contributed by atoms with E-state index in [9.17, 15) is 9.90 Å². The molecule has 20 heavy (non-hydrogen) atoms. The van der Waals surface area contributed by atoms with Crippen molar-refractivity contribution in [2.75, 3.05) is 26.2 Å². The normalized spacial score (nSPS) is 23.4. The van der Waals surface area contributed by atoms with Crippen LogP contribution >= 0.6 is 0 Å². The van der Waals surface area contributed by atoms with E-state index in [2.05, 4.69) is 23.6 Å². The number of amides is 1. The van der Waals surface area contributed by atoms with Crippen LogP contribution in [0.15, 0.2) is 0 Å². The van der Waals surface area contributed by atoms with E-state index < -0.39 is 5.60 Å². The summed E-state index contributed by atoms with van der Waals surface area (Å²) in [7, 11) is 0. The van der Waals surface area contributed by atoms with Gasteiger partial charge in [-0.2, -0.15) is 0 Å². The van der Waals surface area contributed by atoms with Crippen LogP contribution in [0.2, 0.25) is 0 Å². The van der Waals surface area contributed by atoms with Gasteiger partial charge in [0.15, 0.2) is 0 Å². The van der Waals surface area contributed by atoms with Crippen LogP contribution in [0.5, 0.6) is 0 Å². The standard InChI is InChI=1S/C16H30N2O2/c1-3-10-16(20)12-17(13-16)11-15(19)18(4-2)14-8-6-5-7-9-14/h14,20H,3-13H2,1-2H3. The van der Waals surface area contributed by atoms with E-state index in [4.69, 9.17) is 0 Å². The molecule has 1 aliphatic carbocycles. The second-order valence-electron chi connectivity index (χ2n) is 6.59. The second-order valence-corrected chi connectivity index (χ2v) is 6.59. The first-order valence-corrected chi connectivity index (χ1v) is 8.32. The summed E-state index contributed by atoms with van der Waals surface area (Å²) in [5.74, 6) is 0.248. The highest BCUT2D eigenvalue weighted by Gasteiger charge is 2.41. The summed E-state index contributed by atoms with van der Waals surface area (Å²) >= 11 is 0. The number of rotatable bonds is 6.